The summed E-state index contributed by atoms with van der Waals surface area (Å²) in [6, 6.07) is 19.2. The van der Waals surface area contributed by atoms with Gasteiger partial charge in [0.15, 0.2) is 6.61 Å². The number of ether oxygens (including phenoxy) is 2. The lowest BCUT2D eigenvalue weighted by molar-refractivity contribution is -0.136. The van der Waals surface area contributed by atoms with E-state index in [0.717, 1.165) is 30.9 Å². The molecule has 1 saturated heterocycles. The number of benzene rings is 2. The van der Waals surface area contributed by atoms with Gasteiger partial charge in [-0.2, -0.15) is 0 Å². The summed E-state index contributed by atoms with van der Waals surface area (Å²) in [5, 5.41) is 0. The minimum Gasteiger partial charge on any atom is -0.489 e. The molecular formula is C19H21NO3. The van der Waals surface area contributed by atoms with E-state index < -0.39 is 0 Å². The fourth-order valence-electron chi connectivity index (χ4n) is 2.71. The van der Waals surface area contributed by atoms with Gasteiger partial charge in [-0.15, -0.1) is 0 Å². The molecule has 0 aromatic heterocycles. The van der Waals surface area contributed by atoms with Crippen LogP contribution in [0.4, 0.5) is 0 Å². The molecule has 120 valence electrons. The number of carbonyl (C=O) groups is 1. The van der Waals surface area contributed by atoms with E-state index in [1.807, 2.05) is 65.6 Å². The van der Waals surface area contributed by atoms with Crippen molar-refractivity contribution in [3.63, 3.8) is 0 Å². The van der Waals surface area contributed by atoms with E-state index >= 15 is 0 Å². The number of para-hydroxylation sites is 2. The van der Waals surface area contributed by atoms with Gasteiger partial charge in [-0.1, -0.05) is 36.4 Å². The van der Waals surface area contributed by atoms with E-state index in [0.29, 0.717) is 6.54 Å². The number of carbonyl (C=O) groups excluding carboxylic acids is 1. The van der Waals surface area contributed by atoms with Crippen LogP contribution < -0.4 is 9.47 Å². The third kappa shape index (κ3) is 4.49. The minimum atomic E-state index is 0.00946. The average molecular weight is 311 g/mol. The van der Waals surface area contributed by atoms with Gasteiger partial charge in [0, 0.05) is 6.54 Å². The van der Waals surface area contributed by atoms with Crippen LogP contribution in [0.3, 0.4) is 0 Å². The maximum absolute atomic E-state index is 12.3. The number of nitrogens with zero attached hydrogens (tertiary/aromatic N) is 1. The highest BCUT2D eigenvalue weighted by molar-refractivity contribution is 5.77. The summed E-state index contributed by atoms with van der Waals surface area (Å²) >= 11 is 0. The van der Waals surface area contributed by atoms with Crippen LogP contribution in [0.15, 0.2) is 60.7 Å². The Morgan fingerprint density at radius 1 is 1.00 bits per heavy atom. The zero-order chi connectivity index (χ0) is 15.9. The SMILES string of the molecule is O=C(COc1ccccc1)N1CCCC(Oc2ccccc2)C1. The van der Waals surface area contributed by atoms with E-state index in [4.69, 9.17) is 9.47 Å². The summed E-state index contributed by atoms with van der Waals surface area (Å²) in [7, 11) is 0. The molecule has 1 unspecified atom stereocenters. The van der Waals surface area contributed by atoms with Gasteiger partial charge in [0.25, 0.3) is 5.91 Å². The molecule has 0 radical (unpaired) electrons. The number of rotatable bonds is 5. The number of hydrogen-bond acceptors (Lipinski definition) is 3. The topological polar surface area (TPSA) is 38.8 Å². The Labute approximate surface area is 136 Å². The Hall–Kier alpha value is -2.49. The number of hydrogen-bond donors (Lipinski definition) is 0. The molecular weight excluding hydrogens is 290 g/mol. The van der Waals surface area contributed by atoms with Gasteiger partial charge in [0.05, 0.1) is 6.54 Å². The predicted octanol–water partition coefficient (Wildman–Crippen LogP) is 3.14. The van der Waals surface area contributed by atoms with Crippen molar-refractivity contribution in [2.75, 3.05) is 19.7 Å². The molecule has 1 heterocycles. The average Bonchev–Trinajstić information content (AvgIpc) is 2.62. The lowest BCUT2D eigenvalue weighted by atomic mass is 10.1. The second-order valence-corrected chi connectivity index (χ2v) is 5.64. The minimum absolute atomic E-state index is 0.00946. The number of amides is 1. The first-order valence-corrected chi connectivity index (χ1v) is 7.98. The lowest BCUT2D eigenvalue weighted by Gasteiger charge is -2.32. The van der Waals surface area contributed by atoms with Gasteiger partial charge in [-0.3, -0.25) is 4.79 Å². The van der Waals surface area contributed by atoms with Gasteiger partial charge < -0.3 is 14.4 Å². The van der Waals surface area contributed by atoms with Crippen molar-refractivity contribution in [2.45, 2.75) is 18.9 Å². The Morgan fingerprint density at radius 2 is 1.65 bits per heavy atom. The highest BCUT2D eigenvalue weighted by Crippen LogP contribution is 2.18. The first-order chi connectivity index (χ1) is 11.3. The quantitative estimate of drug-likeness (QED) is 0.851. The van der Waals surface area contributed by atoms with Crippen molar-refractivity contribution in [1.82, 2.24) is 4.90 Å². The molecule has 1 fully saturated rings. The summed E-state index contributed by atoms with van der Waals surface area (Å²) in [6.45, 7) is 1.46. The van der Waals surface area contributed by atoms with E-state index in [1.54, 1.807) is 0 Å². The number of piperidine rings is 1. The second kappa shape index (κ2) is 7.68. The molecule has 1 atom stereocenters. The Bertz CT molecular complexity index is 615. The largest absolute Gasteiger partial charge is 0.489 e. The summed E-state index contributed by atoms with van der Waals surface area (Å²) in [5.41, 5.74) is 0. The van der Waals surface area contributed by atoms with Gasteiger partial charge in [0.2, 0.25) is 0 Å². The number of likely N-dealkylation sites (tertiary alicyclic amines) is 1. The van der Waals surface area contributed by atoms with Crippen molar-refractivity contribution in [3.05, 3.63) is 60.7 Å². The van der Waals surface area contributed by atoms with Crippen LogP contribution in [0.25, 0.3) is 0 Å². The molecule has 4 nitrogen and oxygen atoms in total. The van der Waals surface area contributed by atoms with Crippen molar-refractivity contribution < 1.29 is 14.3 Å². The van der Waals surface area contributed by atoms with Crippen LogP contribution in [0.2, 0.25) is 0 Å². The third-order valence-electron chi connectivity index (χ3n) is 3.88. The molecule has 0 spiro atoms. The van der Waals surface area contributed by atoms with Gasteiger partial charge in [-0.05, 0) is 37.1 Å². The zero-order valence-corrected chi connectivity index (χ0v) is 13.1. The lowest BCUT2D eigenvalue weighted by Crippen LogP contribution is -2.46. The molecule has 2 aromatic rings. The normalized spacial score (nSPS) is 17.6. The zero-order valence-electron chi connectivity index (χ0n) is 13.1. The monoisotopic (exact) mass is 311 g/mol. The van der Waals surface area contributed by atoms with Crippen molar-refractivity contribution in [2.24, 2.45) is 0 Å². The smallest absolute Gasteiger partial charge is 0.260 e. The fraction of sp³-hybridized carbons (Fsp3) is 0.316. The molecule has 1 aliphatic heterocycles. The van der Waals surface area contributed by atoms with Crippen LogP contribution in [0, 0.1) is 0 Å². The highest BCUT2D eigenvalue weighted by atomic mass is 16.5. The summed E-state index contributed by atoms with van der Waals surface area (Å²) < 4.78 is 11.5. The van der Waals surface area contributed by atoms with Crippen LogP contribution in [-0.4, -0.2) is 36.6 Å². The molecule has 1 aliphatic rings. The van der Waals surface area contributed by atoms with Crippen molar-refractivity contribution in [3.8, 4) is 11.5 Å². The second-order valence-electron chi connectivity index (χ2n) is 5.64. The van der Waals surface area contributed by atoms with Crippen molar-refractivity contribution in [1.29, 1.82) is 0 Å². The summed E-state index contributed by atoms with van der Waals surface area (Å²) in [4.78, 5) is 14.1. The third-order valence-corrected chi connectivity index (χ3v) is 3.88. The molecule has 3 rings (SSSR count). The van der Waals surface area contributed by atoms with Crippen LogP contribution in [-0.2, 0) is 4.79 Å². The Balaban J connectivity index is 1.50. The summed E-state index contributed by atoms with van der Waals surface area (Å²) in [6.07, 6.45) is 1.97. The van der Waals surface area contributed by atoms with Crippen LogP contribution in [0.5, 0.6) is 11.5 Å². The molecule has 0 bridgehead atoms. The van der Waals surface area contributed by atoms with Crippen molar-refractivity contribution >= 4 is 5.91 Å². The molecule has 2 aromatic carbocycles. The van der Waals surface area contributed by atoms with E-state index in [1.165, 1.54) is 0 Å². The summed E-state index contributed by atoms with van der Waals surface area (Å²) in [5.74, 6) is 1.58. The standard InChI is InChI=1S/C19H21NO3/c21-19(15-22-16-8-3-1-4-9-16)20-13-7-12-18(14-20)23-17-10-5-2-6-11-17/h1-6,8-11,18H,7,12-15H2. The van der Waals surface area contributed by atoms with E-state index in [2.05, 4.69) is 0 Å². The molecule has 0 aliphatic carbocycles. The first kappa shape index (κ1) is 15.4. The van der Waals surface area contributed by atoms with E-state index in [9.17, 15) is 4.79 Å². The molecule has 4 heteroatoms. The van der Waals surface area contributed by atoms with E-state index in [-0.39, 0.29) is 18.6 Å². The fourth-order valence-corrected chi connectivity index (χ4v) is 2.71. The Kier molecular flexibility index (Phi) is 5.14. The Morgan fingerprint density at radius 3 is 2.35 bits per heavy atom. The highest BCUT2D eigenvalue weighted by Gasteiger charge is 2.25. The predicted molar refractivity (Wildman–Crippen MR) is 88.6 cm³/mol. The van der Waals surface area contributed by atoms with Gasteiger partial charge in [-0.25, -0.2) is 0 Å². The molecule has 1 amide bonds. The first-order valence-electron chi connectivity index (χ1n) is 7.98. The van der Waals surface area contributed by atoms with Crippen LogP contribution in [0.1, 0.15) is 12.8 Å². The molecule has 0 N–H and O–H groups in total. The van der Waals surface area contributed by atoms with Crippen LogP contribution >= 0.6 is 0 Å². The maximum Gasteiger partial charge on any atom is 0.260 e. The van der Waals surface area contributed by atoms with Gasteiger partial charge >= 0.3 is 0 Å². The van der Waals surface area contributed by atoms with Gasteiger partial charge in [0.1, 0.15) is 17.6 Å². The molecule has 0 saturated carbocycles. The maximum atomic E-state index is 12.3. The molecule has 23 heavy (non-hydrogen) atoms.